The number of nitrogens with one attached hydrogen (secondary N) is 1. The number of nitrogens with zero attached hydrogens (tertiary/aromatic N) is 3. The Bertz CT molecular complexity index is 867. The molecule has 1 saturated heterocycles. The van der Waals surface area contributed by atoms with Gasteiger partial charge in [-0.3, -0.25) is 14.3 Å². The van der Waals surface area contributed by atoms with Crippen molar-refractivity contribution in [2.24, 2.45) is 0 Å². The molecule has 1 N–H and O–H groups in total. The van der Waals surface area contributed by atoms with Gasteiger partial charge in [-0.15, -0.1) is 0 Å². The molecule has 1 aliphatic heterocycles. The predicted octanol–water partition coefficient (Wildman–Crippen LogP) is 2.70. The zero-order valence-corrected chi connectivity index (χ0v) is 16.6. The molecule has 1 aliphatic rings. The van der Waals surface area contributed by atoms with E-state index in [2.05, 4.69) is 24.1 Å². The van der Waals surface area contributed by atoms with Crippen molar-refractivity contribution in [3.05, 3.63) is 34.1 Å². The summed E-state index contributed by atoms with van der Waals surface area (Å²) >= 11 is 0. The van der Waals surface area contributed by atoms with Gasteiger partial charge in [0.05, 0.1) is 24.1 Å². The molecule has 1 aromatic carbocycles. The van der Waals surface area contributed by atoms with Crippen LogP contribution in [0, 0.1) is 5.82 Å². The van der Waals surface area contributed by atoms with Gasteiger partial charge in [0, 0.05) is 38.3 Å². The summed E-state index contributed by atoms with van der Waals surface area (Å²) in [5.74, 6) is 0.299. The van der Waals surface area contributed by atoms with Gasteiger partial charge >= 0.3 is 0 Å². The number of hydrogen-bond acceptors (Lipinski definition) is 5. The highest BCUT2D eigenvalue weighted by molar-refractivity contribution is 5.79. The number of ether oxygens (including phenoxy) is 1. The van der Waals surface area contributed by atoms with E-state index in [1.807, 2.05) is 6.92 Å². The SMILES string of the molecule is CCC[C@H](c1nc2cc(F)c(OC)cc2c(=O)n1CC)N1CCN[C@@H](C)C1. The molecule has 0 saturated carbocycles. The lowest BCUT2D eigenvalue weighted by molar-refractivity contribution is 0.132. The Balaban J connectivity index is 2.16. The minimum atomic E-state index is -0.500. The van der Waals surface area contributed by atoms with Crippen molar-refractivity contribution in [2.45, 2.75) is 52.2 Å². The van der Waals surface area contributed by atoms with Crippen molar-refractivity contribution >= 4 is 10.9 Å². The van der Waals surface area contributed by atoms with Crippen LogP contribution in [-0.4, -0.2) is 47.2 Å². The number of aromatic nitrogens is 2. The molecule has 2 aromatic rings. The van der Waals surface area contributed by atoms with E-state index in [4.69, 9.17) is 9.72 Å². The molecule has 7 heteroatoms. The Morgan fingerprint density at radius 2 is 2.19 bits per heavy atom. The Labute approximate surface area is 159 Å². The third kappa shape index (κ3) is 3.84. The van der Waals surface area contributed by atoms with Gasteiger partial charge in [0.2, 0.25) is 0 Å². The highest BCUT2D eigenvalue weighted by Crippen LogP contribution is 2.28. The number of halogens is 1. The molecule has 6 nitrogen and oxygen atoms in total. The Morgan fingerprint density at radius 1 is 1.41 bits per heavy atom. The van der Waals surface area contributed by atoms with Gasteiger partial charge in [0.15, 0.2) is 11.6 Å². The zero-order chi connectivity index (χ0) is 19.6. The summed E-state index contributed by atoms with van der Waals surface area (Å²) < 4.78 is 21.0. The van der Waals surface area contributed by atoms with E-state index in [-0.39, 0.29) is 17.4 Å². The fourth-order valence-corrected chi connectivity index (χ4v) is 3.95. The lowest BCUT2D eigenvalue weighted by atomic mass is 10.1. The molecule has 0 spiro atoms. The molecule has 0 bridgehead atoms. The van der Waals surface area contributed by atoms with Crippen molar-refractivity contribution in [3.63, 3.8) is 0 Å². The highest BCUT2D eigenvalue weighted by Gasteiger charge is 2.28. The topological polar surface area (TPSA) is 59.4 Å². The standard InChI is InChI=1S/C20H29FN4O2/c1-5-7-17(24-9-8-22-13(3)12-24)19-23-16-11-15(21)18(27-4)10-14(16)20(26)25(19)6-2/h10-11,13,17,22H,5-9,12H2,1-4H3/t13-,17+/m0/s1. The van der Waals surface area contributed by atoms with Crippen LogP contribution in [0.25, 0.3) is 10.9 Å². The number of hydrogen-bond donors (Lipinski definition) is 1. The van der Waals surface area contributed by atoms with Crippen LogP contribution in [0.3, 0.4) is 0 Å². The summed E-state index contributed by atoms with van der Waals surface area (Å²) in [6.45, 7) is 9.50. The first-order chi connectivity index (χ1) is 13.0. The third-order valence-electron chi connectivity index (χ3n) is 5.27. The van der Waals surface area contributed by atoms with E-state index in [0.29, 0.717) is 23.5 Å². The molecule has 1 aromatic heterocycles. The molecule has 1 fully saturated rings. The number of fused-ring (bicyclic) bond motifs is 1. The van der Waals surface area contributed by atoms with E-state index in [1.54, 1.807) is 4.57 Å². The Morgan fingerprint density at radius 3 is 2.81 bits per heavy atom. The quantitative estimate of drug-likeness (QED) is 0.840. The first-order valence-corrected chi connectivity index (χ1v) is 9.75. The highest BCUT2D eigenvalue weighted by atomic mass is 19.1. The maximum Gasteiger partial charge on any atom is 0.261 e. The van der Waals surface area contributed by atoms with Crippen LogP contribution >= 0.6 is 0 Å². The molecule has 0 unspecified atom stereocenters. The summed E-state index contributed by atoms with van der Waals surface area (Å²) in [6.07, 6.45) is 1.89. The van der Waals surface area contributed by atoms with Crippen molar-refractivity contribution in [2.75, 3.05) is 26.7 Å². The van der Waals surface area contributed by atoms with Crippen LogP contribution in [0.4, 0.5) is 4.39 Å². The summed E-state index contributed by atoms with van der Waals surface area (Å²) in [5, 5.41) is 3.85. The lowest BCUT2D eigenvalue weighted by Gasteiger charge is -2.38. The Hall–Kier alpha value is -1.99. The smallest absolute Gasteiger partial charge is 0.261 e. The average molecular weight is 376 g/mol. The van der Waals surface area contributed by atoms with Gasteiger partial charge < -0.3 is 10.1 Å². The third-order valence-corrected chi connectivity index (χ3v) is 5.27. The van der Waals surface area contributed by atoms with Crippen molar-refractivity contribution in [3.8, 4) is 5.75 Å². The first-order valence-electron chi connectivity index (χ1n) is 9.75. The molecule has 148 valence electrons. The van der Waals surface area contributed by atoms with Gasteiger partial charge in [0.25, 0.3) is 5.56 Å². The number of benzene rings is 1. The minimum absolute atomic E-state index is 0.0433. The summed E-state index contributed by atoms with van der Waals surface area (Å²) in [6, 6.07) is 3.20. The largest absolute Gasteiger partial charge is 0.494 e. The summed E-state index contributed by atoms with van der Waals surface area (Å²) in [7, 11) is 1.40. The molecule has 0 radical (unpaired) electrons. The molecule has 27 heavy (non-hydrogen) atoms. The molecule has 0 amide bonds. The first kappa shape index (κ1) is 19.8. The Kier molecular flexibility index (Phi) is 6.11. The van der Waals surface area contributed by atoms with E-state index in [9.17, 15) is 9.18 Å². The molecule has 3 rings (SSSR count). The van der Waals surface area contributed by atoms with Gasteiger partial charge in [-0.25, -0.2) is 9.37 Å². The second-order valence-electron chi connectivity index (χ2n) is 7.18. The summed E-state index contributed by atoms with van der Waals surface area (Å²) in [5.41, 5.74) is 0.252. The molecular weight excluding hydrogens is 347 g/mol. The van der Waals surface area contributed by atoms with Crippen LogP contribution in [-0.2, 0) is 6.54 Å². The van der Waals surface area contributed by atoms with Crippen molar-refractivity contribution < 1.29 is 9.13 Å². The van der Waals surface area contributed by atoms with Crippen LogP contribution in [0.2, 0.25) is 0 Å². The molecule has 0 aliphatic carbocycles. The zero-order valence-electron chi connectivity index (χ0n) is 16.6. The van der Waals surface area contributed by atoms with Gasteiger partial charge in [-0.2, -0.15) is 0 Å². The lowest BCUT2D eigenvalue weighted by Crippen LogP contribution is -2.51. The average Bonchev–Trinajstić information content (AvgIpc) is 2.65. The number of piperazine rings is 1. The van der Waals surface area contributed by atoms with Gasteiger partial charge in [-0.1, -0.05) is 13.3 Å². The summed E-state index contributed by atoms with van der Waals surface area (Å²) in [4.78, 5) is 20.3. The fraction of sp³-hybridized carbons (Fsp3) is 0.600. The maximum atomic E-state index is 14.2. The van der Waals surface area contributed by atoms with Crippen LogP contribution in [0.5, 0.6) is 5.75 Å². The van der Waals surface area contributed by atoms with E-state index >= 15 is 0 Å². The van der Waals surface area contributed by atoms with Crippen LogP contribution < -0.4 is 15.6 Å². The van der Waals surface area contributed by atoms with Crippen LogP contribution in [0.15, 0.2) is 16.9 Å². The monoisotopic (exact) mass is 376 g/mol. The maximum absolute atomic E-state index is 14.2. The molecule has 2 atom stereocenters. The van der Waals surface area contributed by atoms with E-state index in [1.165, 1.54) is 19.2 Å². The molecule has 2 heterocycles. The van der Waals surface area contributed by atoms with Gasteiger partial charge in [0.1, 0.15) is 5.82 Å². The number of methoxy groups -OCH3 is 1. The normalized spacial score (nSPS) is 19.4. The van der Waals surface area contributed by atoms with E-state index < -0.39 is 5.82 Å². The minimum Gasteiger partial charge on any atom is -0.494 e. The second kappa shape index (κ2) is 8.35. The second-order valence-corrected chi connectivity index (χ2v) is 7.18. The van der Waals surface area contributed by atoms with Crippen molar-refractivity contribution in [1.29, 1.82) is 0 Å². The molecular formula is C20H29FN4O2. The van der Waals surface area contributed by atoms with E-state index in [0.717, 1.165) is 38.3 Å². The predicted molar refractivity (Wildman–Crippen MR) is 105 cm³/mol. The fourth-order valence-electron chi connectivity index (χ4n) is 3.95. The van der Waals surface area contributed by atoms with Crippen molar-refractivity contribution in [1.82, 2.24) is 19.8 Å². The van der Waals surface area contributed by atoms with Gasteiger partial charge in [-0.05, 0) is 26.3 Å². The number of rotatable bonds is 6. The van der Waals surface area contributed by atoms with Crippen LogP contribution in [0.1, 0.15) is 45.5 Å².